The second-order valence-electron chi connectivity index (χ2n) is 7.30. The minimum atomic E-state index is -0.552. The lowest BCUT2D eigenvalue weighted by Crippen LogP contribution is -2.39. The molecule has 8 heteroatoms. The van der Waals surface area contributed by atoms with Gasteiger partial charge in [-0.25, -0.2) is 4.79 Å². The molecular formula is C19H22N4O4. The Hall–Kier alpha value is -2.90. The zero-order chi connectivity index (χ0) is 19.0. The molecule has 0 N–H and O–H groups in total. The molecule has 142 valence electrons. The molecule has 8 nitrogen and oxygen atoms in total. The number of carbonyl (C=O) groups excluding carboxylic acids is 2. The summed E-state index contributed by atoms with van der Waals surface area (Å²) in [5.74, 6) is 0.993. The Morgan fingerprint density at radius 1 is 1.30 bits per heavy atom. The Morgan fingerprint density at radius 2 is 2.11 bits per heavy atom. The van der Waals surface area contributed by atoms with Crippen molar-refractivity contribution >= 4 is 12.0 Å². The average molecular weight is 370 g/mol. The van der Waals surface area contributed by atoms with E-state index >= 15 is 0 Å². The predicted molar refractivity (Wildman–Crippen MR) is 95.8 cm³/mol. The van der Waals surface area contributed by atoms with Gasteiger partial charge in [-0.05, 0) is 12.5 Å². The molecule has 1 spiro atoms. The predicted octanol–water partition coefficient (Wildman–Crippen LogP) is 2.03. The Balaban J connectivity index is 1.34. The van der Waals surface area contributed by atoms with Crippen molar-refractivity contribution in [3.05, 3.63) is 35.7 Å². The molecule has 4 rings (SSSR count). The number of likely N-dealkylation sites (tertiary alicyclic amines) is 1. The minimum absolute atomic E-state index is 0.00752. The highest BCUT2D eigenvalue weighted by Gasteiger charge is 2.49. The van der Waals surface area contributed by atoms with Crippen molar-refractivity contribution in [1.29, 1.82) is 0 Å². The zero-order valence-corrected chi connectivity index (χ0v) is 15.5. The maximum atomic E-state index is 12.5. The second-order valence-corrected chi connectivity index (χ2v) is 7.30. The van der Waals surface area contributed by atoms with Crippen LogP contribution < -0.4 is 0 Å². The molecule has 2 amide bonds. The first-order valence-corrected chi connectivity index (χ1v) is 9.06. The van der Waals surface area contributed by atoms with E-state index in [-0.39, 0.29) is 18.4 Å². The molecule has 0 saturated carbocycles. The number of benzene rings is 1. The lowest BCUT2D eigenvalue weighted by Gasteiger charge is -2.21. The minimum Gasteiger partial charge on any atom is -0.439 e. The third-order valence-corrected chi connectivity index (χ3v) is 5.22. The van der Waals surface area contributed by atoms with Crippen LogP contribution >= 0.6 is 0 Å². The van der Waals surface area contributed by atoms with Crippen molar-refractivity contribution in [2.24, 2.45) is 0 Å². The summed E-state index contributed by atoms with van der Waals surface area (Å²) in [4.78, 5) is 31.9. The molecule has 27 heavy (non-hydrogen) atoms. The van der Waals surface area contributed by atoms with E-state index in [2.05, 4.69) is 10.1 Å². The number of carbonyl (C=O) groups is 2. The van der Waals surface area contributed by atoms with Crippen LogP contribution in [0.5, 0.6) is 0 Å². The normalized spacial score (nSPS) is 21.9. The van der Waals surface area contributed by atoms with Gasteiger partial charge in [-0.1, -0.05) is 29.4 Å². The van der Waals surface area contributed by atoms with Crippen molar-refractivity contribution in [3.8, 4) is 11.4 Å². The fraction of sp³-hybridized carbons (Fsp3) is 0.474. The summed E-state index contributed by atoms with van der Waals surface area (Å²) in [7, 11) is 1.71. The topological polar surface area (TPSA) is 88.8 Å². The highest BCUT2D eigenvalue weighted by molar-refractivity contribution is 5.77. The maximum Gasteiger partial charge on any atom is 0.410 e. The molecule has 2 aliphatic rings. The highest BCUT2D eigenvalue weighted by atomic mass is 16.6. The van der Waals surface area contributed by atoms with Gasteiger partial charge >= 0.3 is 6.09 Å². The van der Waals surface area contributed by atoms with Gasteiger partial charge in [-0.2, -0.15) is 4.98 Å². The molecule has 2 fully saturated rings. The number of likely N-dealkylation sites (N-methyl/N-ethyl adjacent to an activating group) is 1. The average Bonchev–Trinajstić information content (AvgIpc) is 3.34. The van der Waals surface area contributed by atoms with Crippen LogP contribution in [-0.2, 0) is 16.0 Å². The van der Waals surface area contributed by atoms with Crippen LogP contribution in [0, 0.1) is 6.92 Å². The van der Waals surface area contributed by atoms with Gasteiger partial charge in [-0.3, -0.25) is 4.79 Å². The summed E-state index contributed by atoms with van der Waals surface area (Å²) >= 11 is 0. The fourth-order valence-corrected chi connectivity index (χ4v) is 3.72. The molecule has 0 aliphatic carbocycles. The summed E-state index contributed by atoms with van der Waals surface area (Å²) in [5.41, 5.74) is 1.44. The van der Waals surface area contributed by atoms with E-state index in [1.165, 1.54) is 0 Å². The molecule has 2 aromatic rings. The Morgan fingerprint density at radius 3 is 2.85 bits per heavy atom. The van der Waals surface area contributed by atoms with E-state index < -0.39 is 5.60 Å². The van der Waals surface area contributed by atoms with Crippen LogP contribution in [0.1, 0.15) is 24.3 Å². The van der Waals surface area contributed by atoms with Gasteiger partial charge in [0.2, 0.25) is 17.6 Å². The number of aromatic nitrogens is 2. The van der Waals surface area contributed by atoms with Gasteiger partial charge in [0.1, 0.15) is 0 Å². The summed E-state index contributed by atoms with van der Waals surface area (Å²) in [6.07, 6.45) is 1.03. The second kappa shape index (κ2) is 6.68. The monoisotopic (exact) mass is 370 g/mol. The van der Waals surface area contributed by atoms with Gasteiger partial charge < -0.3 is 19.1 Å². The lowest BCUT2D eigenvalue weighted by molar-refractivity contribution is -0.131. The number of aryl methyl sites for hydroxylation is 2. The van der Waals surface area contributed by atoms with E-state index in [1.807, 2.05) is 31.2 Å². The largest absolute Gasteiger partial charge is 0.439 e. The summed E-state index contributed by atoms with van der Waals surface area (Å²) < 4.78 is 10.8. The summed E-state index contributed by atoms with van der Waals surface area (Å²) in [6.45, 7) is 3.56. The lowest BCUT2D eigenvalue weighted by atomic mass is 10.0. The van der Waals surface area contributed by atoms with Gasteiger partial charge in [0.25, 0.3) is 0 Å². The van der Waals surface area contributed by atoms with Crippen LogP contribution in [0.25, 0.3) is 11.4 Å². The number of amides is 2. The maximum absolute atomic E-state index is 12.5. The Kier molecular flexibility index (Phi) is 4.33. The first-order chi connectivity index (χ1) is 13.0. The number of rotatable bonds is 4. The number of nitrogens with zero attached hydrogens (tertiary/aromatic N) is 4. The van der Waals surface area contributed by atoms with Crippen molar-refractivity contribution in [2.45, 2.75) is 31.8 Å². The number of ether oxygens (including phenoxy) is 1. The van der Waals surface area contributed by atoms with Gasteiger partial charge in [0, 0.05) is 38.4 Å². The van der Waals surface area contributed by atoms with E-state index in [0.29, 0.717) is 44.2 Å². The Labute approximate surface area is 157 Å². The molecule has 3 heterocycles. The third-order valence-electron chi connectivity index (χ3n) is 5.22. The molecule has 1 atom stereocenters. The highest BCUT2D eigenvalue weighted by Crippen LogP contribution is 2.32. The quantitative estimate of drug-likeness (QED) is 0.818. The van der Waals surface area contributed by atoms with Crippen LogP contribution in [-0.4, -0.2) is 64.2 Å². The third kappa shape index (κ3) is 3.39. The molecule has 1 aromatic carbocycles. The van der Waals surface area contributed by atoms with Crippen molar-refractivity contribution in [3.63, 3.8) is 0 Å². The van der Waals surface area contributed by atoms with E-state index in [0.717, 1.165) is 11.1 Å². The molecule has 0 unspecified atom stereocenters. The molecule has 1 aromatic heterocycles. The van der Waals surface area contributed by atoms with Gasteiger partial charge in [0.05, 0.1) is 13.1 Å². The van der Waals surface area contributed by atoms with Crippen LogP contribution in [0.4, 0.5) is 4.79 Å². The van der Waals surface area contributed by atoms with Crippen LogP contribution in [0.15, 0.2) is 28.8 Å². The van der Waals surface area contributed by atoms with Crippen molar-refractivity contribution < 1.29 is 18.8 Å². The van der Waals surface area contributed by atoms with Crippen molar-refractivity contribution in [1.82, 2.24) is 19.9 Å². The van der Waals surface area contributed by atoms with Crippen molar-refractivity contribution in [2.75, 3.05) is 26.7 Å². The smallest absolute Gasteiger partial charge is 0.410 e. The molecule has 0 bridgehead atoms. The van der Waals surface area contributed by atoms with E-state index in [1.54, 1.807) is 16.8 Å². The van der Waals surface area contributed by atoms with Gasteiger partial charge in [0.15, 0.2) is 5.60 Å². The van der Waals surface area contributed by atoms with E-state index in [4.69, 9.17) is 9.26 Å². The molecule has 0 radical (unpaired) electrons. The number of hydrogen-bond donors (Lipinski definition) is 0. The van der Waals surface area contributed by atoms with Crippen LogP contribution in [0.2, 0.25) is 0 Å². The zero-order valence-electron chi connectivity index (χ0n) is 15.5. The molecular weight excluding hydrogens is 348 g/mol. The number of hydrogen-bond acceptors (Lipinski definition) is 6. The standard InChI is InChI=1S/C19H22N4O4/c1-13-5-3-4-6-14(13)17-20-15(27-21-17)7-8-16(24)23-10-9-19(12-23)11-22(2)18(25)26-19/h3-6H,7-12H2,1-2H3/t19-/m1/s1. The summed E-state index contributed by atoms with van der Waals surface area (Å²) in [5, 5.41) is 4.02. The van der Waals surface area contributed by atoms with Gasteiger partial charge in [-0.15, -0.1) is 0 Å². The van der Waals surface area contributed by atoms with Crippen LogP contribution in [0.3, 0.4) is 0 Å². The first-order valence-electron chi connectivity index (χ1n) is 9.06. The summed E-state index contributed by atoms with van der Waals surface area (Å²) in [6, 6.07) is 7.82. The SMILES string of the molecule is Cc1ccccc1-c1noc(CCC(=O)N2CC[C@@]3(CN(C)C(=O)O3)C2)n1. The molecule has 2 aliphatic heterocycles. The Bertz CT molecular complexity index is 880. The van der Waals surface area contributed by atoms with E-state index in [9.17, 15) is 9.59 Å². The fourth-order valence-electron chi connectivity index (χ4n) is 3.72. The first kappa shape index (κ1) is 17.5. The molecule has 2 saturated heterocycles.